The van der Waals surface area contributed by atoms with Gasteiger partial charge in [0.15, 0.2) is 11.6 Å². The maximum Gasteiger partial charge on any atom is 0.311 e. The zero-order valence-corrected chi connectivity index (χ0v) is 19.2. The number of carbonyl (C=O) groups is 1. The van der Waals surface area contributed by atoms with Gasteiger partial charge in [-0.1, -0.05) is 64.7 Å². The van der Waals surface area contributed by atoms with E-state index in [-0.39, 0.29) is 11.7 Å². The van der Waals surface area contributed by atoms with E-state index in [2.05, 4.69) is 6.92 Å². The monoisotopic (exact) mass is 434 g/mol. The second-order valence-corrected chi connectivity index (χ2v) is 10.00. The molecule has 31 heavy (non-hydrogen) atoms. The average Bonchev–Trinajstić information content (AvgIpc) is 2.79. The molecule has 1 aromatic rings. The van der Waals surface area contributed by atoms with Crippen LogP contribution in [-0.2, 0) is 4.79 Å². The van der Waals surface area contributed by atoms with Crippen molar-refractivity contribution in [2.75, 3.05) is 0 Å². The Hall–Kier alpha value is -1.45. The van der Waals surface area contributed by atoms with E-state index in [0.29, 0.717) is 12.3 Å². The highest BCUT2D eigenvalue weighted by Crippen LogP contribution is 2.43. The highest BCUT2D eigenvalue weighted by atomic mass is 19.2. The van der Waals surface area contributed by atoms with Gasteiger partial charge in [-0.05, 0) is 67.9 Å². The van der Waals surface area contributed by atoms with Crippen molar-refractivity contribution in [1.82, 2.24) is 0 Å². The second-order valence-electron chi connectivity index (χ2n) is 10.00. The number of rotatable bonds is 10. The maximum absolute atomic E-state index is 13.2. The quantitative estimate of drug-likeness (QED) is 0.211. The first-order chi connectivity index (χ1) is 15.0. The first-order valence-electron chi connectivity index (χ1n) is 12.7. The molecule has 0 aliphatic heterocycles. The van der Waals surface area contributed by atoms with Gasteiger partial charge in [-0.2, -0.15) is 0 Å². The van der Waals surface area contributed by atoms with Crippen molar-refractivity contribution < 1.29 is 18.3 Å². The van der Waals surface area contributed by atoms with Crippen LogP contribution in [-0.4, -0.2) is 5.97 Å². The molecule has 2 saturated carbocycles. The normalized spacial score (nSPS) is 26.5. The lowest BCUT2D eigenvalue weighted by atomic mass is 9.68. The zero-order chi connectivity index (χ0) is 22.1. The average molecular weight is 435 g/mol. The Morgan fingerprint density at radius 3 is 2.03 bits per heavy atom. The first kappa shape index (κ1) is 24.2. The standard InChI is InChI=1S/C27H40F2O2/c1-2-3-4-5-6-20-7-12-22(13-8-20)23-14-9-21(10-15-23)11-18-27(30)31-24-16-17-25(28)26(29)19-24/h16-17,19-23H,2-15,18H2,1H3/t20-,21?,22-,23?. The Labute approximate surface area is 187 Å². The minimum atomic E-state index is -0.992. The van der Waals surface area contributed by atoms with Crippen molar-refractivity contribution in [3.05, 3.63) is 29.8 Å². The van der Waals surface area contributed by atoms with Gasteiger partial charge in [-0.15, -0.1) is 0 Å². The molecule has 2 fully saturated rings. The molecule has 0 saturated heterocycles. The van der Waals surface area contributed by atoms with E-state index in [1.54, 1.807) is 0 Å². The summed E-state index contributed by atoms with van der Waals surface area (Å²) in [5.74, 6) is 1.16. The summed E-state index contributed by atoms with van der Waals surface area (Å²) < 4.78 is 31.4. The number of unbranched alkanes of at least 4 members (excludes halogenated alkanes) is 3. The van der Waals surface area contributed by atoms with Crippen LogP contribution >= 0.6 is 0 Å². The molecule has 0 radical (unpaired) electrons. The molecule has 2 aliphatic carbocycles. The van der Waals surface area contributed by atoms with Crippen molar-refractivity contribution in [2.24, 2.45) is 23.7 Å². The van der Waals surface area contributed by atoms with Gasteiger partial charge in [0.25, 0.3) is 0 Å². The summed E-state index contributed by atoms with van der Waals surface area (Å²) in [6.07, 6.45) is 18.9. The minimum absolute atomic E-state index is 0.0774. The molecule has 2 nitrogen and oxygen atoms in total. The number of esters is 1. The minimum Gasteiger partial charge on any atom is -0.426 e. The summed E-state index contributed by atoms with van der Waals surface area (Å²) in [7, 11) is 0. The highest BCUT2D eigenvalue weighted by molar-refractivity contribution is 5.72. The number of hydrogen-bond acceptors (Lipinski definition) is 2. The Bertz CT molecular complexity index is 674. The van der Waals surface area contributed by atoms with E-state index in [0.717, 1.165) is 36.3 Å². The molecule has 0 N–H and O–H groups in total. The Morgan fingerprint density at radius 1 is 0.839 bits per heavy atom. The lowest BCUT2D eigenvalue weighted by Crippen LogP contribution is -2.26. The first-order valence-corrected chi connectivity index (χ1v) is 12.7. The van der Waals surface area contributed by atoms with Crippen molar-refractivity contribution in [2.45, 2.75) is 103 Å². The number of hydrogen-bond donors (Lipinski definition) is 0. The van der Waals surface area contributed by atoms with Gasteiger partial charge in [-0.25, -0.2) is 8.78 Å². The van der Waals surface area contributed by atoms with E-state index in [1.165, 1.54) is 89.5 Å². The highest BCUT2D eigenvalue weighted by Gasteiger charge is 2.30. The van der Waals surface area contributed by atoms with Crippen LogP contribution in [0.25, 0.3) is 0 Å². The lowest BCUT2D eigenvalue weighted by molar-refractivity contribution is -0.134. The van der Waals surface area contributed by atoms with E-state index >= 15 is 0 Å². The summed E-state index contributed by atoms with van der Waals surface area (Å²) in [5.41, 5.74) is 0. The predicted octanol–water partition coefficient (Wildman–Crippen LogP) is 8.23. The predicted molar refractivity (Wildman–Crippen MR) is 121 cm³/mol. The molecule has 4 heteroatoms. The molecule has 0 amide bonds. The zero-order valence-electron chi connectivity index (χ0n) is 19.2. The Balaban J connectivity index is 1.29. The van der Waals surface area contributed by atoms with Gasteiger partial charge >= 0.3 is 5.97 Å². The molecule has 1 aromatic carbocycles. The molecule has 174 valence electrons. The summed E-state index contributed by atoms with van der Waals surface area (Å²) in [4.78, 5) is 12.1. The van der Waals surface area contributed by atoms with Crippen molar-refractivity contribution in [1.29, 1.82) is 0 Å². The molecule has 3 rings (SSSR count). The largest absolute Gasteiger partial charge is 0.426 e. The third-order valence-electron chi connectivity index (χ3n) is 7.79. The molecule has 0 unspecified atom stereocenters. The van der Waals surface area contributed by atoms with Gasteiger partial charge in [0.05, 0.1) is 0 Å². The molecule has 0 heterocycles. The van der Waals surface area contributed by atoms with Crippen LogP contribution in [0.2, 0.25) is 0 Å². The molecule has 0 spiro atoms. The topological polar surface area (TPSA) is 26.3 Å². The molecular formula is C27H40F2O2. The van der Waals surface area contributed by atoms with Crippen molar-refractivity contribution in [3.63, 3.8) is 0 Å². The van der Waals surface area contributed by atoms with Crippen LogP contribution in [0.1, 0.15) is 103 Å². The molecular weight excluding hydrogens is 394 g/mol. The summed E-state index contributed by atoms with van der Waals surface area (Å²) in [6, 6.07) is 3.21. The Morgan fingerprint density at radius 2 is 1.45 bits per heavy atom. The summed E-state index contributed by atoms with van der Waals surface area (Å²) in [6.45, 7) is 2.28. The van der Waals surface area contributed by atoms with Gasteiger partial charge in [-0.3, -0.25) is 4.79 Å². The van der Waals surface area contributed by atoms with Gasteiger partial charge < -0.3 is 4.74 Å². The van der Waals surface area contributed by atoms with E-state index < -0.39 is 11.6 Å². The summed E-state index contributed by atoms with van der Waals surface area (Å²) >= 11 is 0. The van der Waals surface area contributed by atoms with Crippen LogP contribution in [0.5, 0.6) is 5.75 Å². The smallest absolute Gasteiger partial charge is 0.311 e. The molecule has 0 aromatic heterocycles. The van der Waals surface area contributed by atoms with Crippen LogP contribution in [0.4, 0.5) is 8.78 Å². The van der Waals surface area contributed by atoms with Gasteiger partial charge in [0.2, 0.25) is 0 Å². The van der Waals surface area contributed by atoms with E-state index in [1.807, 2.05) is 0 Å². The Kier molecular flexibility index (Phi) is 9.80. The number of carbonyl (C=O) groups excluding carboxylic acids is 1. The second kappa shape index (κ2) is 12.6. The van der Waals surface area contributed by atoms with Crippen molar-refractivity contribution in [3.8, 4) is 5.75 Å². The fraction of sp³-hybridized carbons (Fsp3) is 0.741. The maximum atomic E-state index is 13.2. The fourth-order valence-electron chi connectivity index (χ4n) is 5.80. The molecule has 2 aliphatic rings. The fourth-order valence-corrected chi connectivity index (χ4v) is 5.80. The van der Waals surface area contributed by atoms with Gasteiger partial charge in [0, 0.05) is 12.5 Å². The van der Waals surface area contributed by atoms with Crippen LogP contribution in [0.15, 0.2) is 18.2 Å². The van der Waals surface area contributed by atoms with Crippen LogP contribution < -0.4 is 4.74 Å². The molecule has 0 bridgehead atoms. The third-order valence-corrected chi connectivity index (χ3v) is 7.79. The number of halogens is 2. The van der Waals surface area contributed by atoms with Crippen LogP contribution in [0.3, 0.4) is 0 Å². The number of ether oxygens (including phenoxy) is 1. The van der Waals surface area contributed by atoms with Crippen LogP contribution in [0, 0.1) is 35.3 Å². The van der Waals surface area contributed by atoms with E-state index in [9.17, 15) is 13.6 Å². The van der Waals surface area contributed by atoms with E-state index in [4.69, 9.17) is 4.74 Å². The van der Waals surface area contributed by atoms with Gasteiger partial charge in [0.1, 0.15) is 5.75 Å². The lowest BCUT2D eigenvalue weighted by Gasteiger charge is -2.38. The summed E-state index contributed by atoms with van der Waals surface area (Å²) in [5, 5.41) is 0. The van der Waals surface area contributed by atoms with Crippen molar-refractivity contribution >= 4 is 5.97 Å². The third kappa shape index (κ3) is 7.88. The SMILES string of the molecule is CCCCCC[C@H]1CC[C@H](C2CCC(CCC(=O)Oc3ccc(F)c(F)c3)CC2)CC1. The number of benzene rings is 1. The molecule has 0 atom stereocenters.